The molecule has 0 saturated heterocycles. The normalized spacial score (nSPS) is 17.4. The topological polar surface area (TPSA) is 64.4 Å². The standard InChI is InChI=1S/C15H18N2O3S/c1-10(9-19-2)16-14(18)15(5-6-15)13-8-11(20-17-13)12-4-3-7-21-12/h3-4,7-8,10H,5-6,9H2,1-2H3,(H,16,18). The van der Waals surface area contributed by atoms with Crippen molar-refractivity contribution in [2.75, 3.05) is 13.7 Å². The molecule has 0 aliphatic heterocycles. The number of ether oxygens (including phenoxy) is 1. The van der Waals surface area contributed by atoms with Crippen molar-refractivity contribution in [2.24, 2.45) is 0 Å². The summed E-state index contributed by atoms with van der Waals surface area (Å²) in [7, 11) is 1.63. The fourth-order valence-corrected chi connectivity index (χ4v) is 3.09. The van der Waals surface area contributed by atoms with Crippen LogP contribution < -0.4 is 5.32 Å². The Morgan fingerprint density at radius 2 is 2.43 bits per heavy atom. The minimum absolute atomic E-state index is 0.0105. The van der Waals surface area contributed by atoms with E-state index in [4.69, 9.17) is 9.26 Å². The highest BCUT2D eigenvalue weighted by atomic mass is 32.1. The molecular weight excluding hydrogens is 288 g/mol. The highest BCUT2D eigenvalue weighted by Gasteiger charge is 2.54. The average Bonchev–Trinajstić information content (AvgIpc) is 2.91. The van der Waals surface area contributed by atoms with Gasteiger partial charge in [0.2, 0.25) is 5.91 Å². The van der Waals surface area contributed by atoms with E-state index in [1.54, 1.807) is 18.4 Å². The molecule has 1 aliphatic rings. The fourth-order valence-electron chi connectivity index (χ4n) is 2.41. The van der Waals surface area contributed by atoms with Crippen LogP contribution in [0.4, 0.5) is 0 Å². The number of methoxy groups -OCH3 is 1. The summed E-state index contributed by atoms with van der Waals surface area (Å²) >= 11 is 1.60. The van der Waals surface area contributed by atoms with Gasteiger partial charge in [0, 0.05) is 19.2 Å². The van der Waals surface area contributed by atoms with E-state index in [9.17, 15) is 4.79 Å². The van der Waals surface area contributed by atoms with Crippen molar-refractivity contribution in [1.29, 1.82) is 0 Å². The van der Waals surface area contributed by atoms with Gasteiger partial charge in [0.1, 0.15) is 0 Å². The molecule has 1 unspecified atom stereocenters. The molecule has 2 aromatic heterocycles. The van der Waals surface area contributed by atoms with Crippen LogP contribution in [0.15, 0.2) is 28.1 Å². The molecule has 112 valence electrons. The summed E-state index contributed by atoms with van der Waals surface area (Å²) < 4.78 is 10.4. The lowest BCUT2D eigenvalue weighted by atomic mass is 10.0. The van der Waals surface area contributed by atoms with E-state index in [0.717, 1.165) is 29.2 Å². The summed E-state index contributed by atoms with van der Waals surface area (Å²) in [6.07, 6.45) is 1.63. The zero-order valence-corrected chi connectivity index (χ0v) is 12.9. The van der Waals surface area contributed by atoms with Crippen molar-refractivity contribution < 1.29 is 14.1 Å². The van der Waals surface area contributed by atoms with Crippen LogP contribution in [0, 0.1) is 0 Å². The quantitative estimate of drug-likeness (QED) is 0.891. The maximum absolute atomic E-state index is 12.5. The fraction of sp³-hybridized carbons (Fsp3) is 0.467. The number of hydrogen-bond acceptors (Lipinski definition) is 5. The van der Waals surface area contributed by atoms with Crippen LogP contribution in [0.25, 0.3) is 10.6 Å². The van der Waals surface area contributed by atoms with Gasteiger partial charge < -0.3 is 14.6 Å². The lowest BCUT2D eigenvalue weighted by Crippen LogP contribution is -2.42. The first kappa shape index (κ1) is 14.3. The largest absolute Gasteiger partial charge is 0.383 e. The SMILES string of the molecule is COCC(C)NC(=O)C1(c2cc(-c3cccs3)on2)CC1. The minimum atomic E-state index is -0.513. The number of aromatic nitrogens is 1. The molecule has 21 heavy (non-hydrogen) atoms. The number of amides is 1. The van der Waals surface area contributed by atoms with Gasteiger partial charge in [0.15, 0.2) is 5.76 Å². The van der Waals surface area contributed by atoms with Gasteiger partial charge in [-0.25, -0.2) is 0 Å². The Labute approximate surface area is 127 Å². The van der Waals surface area contributed by atoms with E-state index in [0.29, 0.717) is 6.61 Å². The lowest BCUT2D eigenvalue weighted by molar-refractivity contribution is -0.124. The maximum Gasteiger partial charge on any atom is 0.232 e. The number of carbonyl (C=O) groups excluding carboxylic acids is 1. The van der Waals surface area contributed by atoms with E-state index in [2.05, 4.69) is 10.5 Å². The van der Waals surface area contributed by atoms with E-state index in [1.807, 2.05) is 30.5 Å². The summed E-state index contributed by atoms with van der Waals surface area (Å²) in [6.45, 7) is 2.43. The molecular formula is C15H18N2O3S. The number of nitrogens with one attached hydrogen (secondary N) is 1. The molecule has 6 heteroatoms. The van der Waals surface area contributed by atoms with Crippen molar-refractivity contribution in [3.8, 4) is 10.6 Å². The molecule has 0 bridgehead atoms. The second-order valence-electron chi connectivity index (χ2n) is 5.47. The third-order valence-electron chi connectivity index (χ3n) is 3.74. The average molecular weight is 306 g/mol. The number of rotatable bonds is 6. The Morgan fingerprint density at radius 3 is 3.05 bits per heavy atom. The molecule has 1 N–H and O–H groups in total. The van der Waals surface area contributed by atoms with Gasteiger partial charge in [-0.05, 0) is 31.2 Å². The van der Waals surface area contributed by atoms with Gasteiger partial charge in [0.05, 0.1) is 22.6 Å². The van der Waals surface area contributed by atoms with E-state index in [-0.39, 0.29) is 11.9 Å². The summed E-state index contributed by atoms with van der Waals surface area (Å²) in [5, 5.41) is 9.09. The van der Waals surface area contributed by atoms with Crippen molar-refractivity contribution in [3.05, 3.63) is 29.3 Å². The van der Waals surface area contributed by atoms with E-state index < -0.39 is 5.41 Å². The van der Waals surface area contributed by atoms with E-state index in [1.165, 1.54) is 0 Å². The monoisotopic (exact) mass is 306 g/mol. The van der Waals surface area contributed by atoms with Crippen molar-refractivity contribution in [1.82, 2.24) is 10.5 Å². The van der Waals surface area contributed by atoms with Gasteiger partial charge in [-0.1, -0.05) is 11.2 Å². The molecule has 0 spiro atoms. The predicted octanol–water partition coefficient (Wildman–Crippen LogP) is 2.59. The Kier molecular flexibility index (Phi) is 3.82. The van der Waals surface area contributed by atoms with Gasteiger partial charge in [-0.2, -0.15) is 0 Å². The smallest absolute Gasteiger partial charge is 0.232 e. The van der Waals surface area contributed by atoms with E-state index >= 15 is 0 Å². The van der Waals surface area contributed by atoms with Crippen LogP contribution in [-0.2, 0) is 14.9 Å². The molecule has 1 aliphatic carbocycles. The second-order valence-corrected chi connectivity index (χ2v) is 6.41. The first-order chi connectivity index (χ1) is 10.2. The van der Waals surface area contributed by atoms with Gasteiger partial charge in [-0.3, -0.25) is 4.79 Å². The molecule has 0 aromatic carbocycles. The third kappa shape index (κ3) is 2.73. The second kappa shape index (κ2) is 5.61. The molecule has 1 amide bonds. The van der Waals surface area contributed by atoms with Gasteiger partial charge in [0.25, 0.3) is 0 Å². The van der Waals surface area contributed by atoms with Crippen LogP contribution in [0.1, 0.15) is 25.5 Å². The van der Waals surface area contributed by atoms with Crippen LogP contribution >= 0.6 is 11.3 Å². The molecule has 2 heterocycles. The third-order valence-corrected chi connectivity index (χ3v) is 4.63. The molecule has 1 atom stereocenters. The van der Waals surface area contributed by atoms with Crippen LogP contribution in [0.3, 0.4) is 0 Å². The van der Waals surface area contributed by atoms with Crippen LogP contribution in [0.5, 0.6) is 0 Å². The van der Waals surface area contributed by atoms with Crippen molar-refractivity contribution in [3.63, 3.8) is 0 Å². The molecule has 3 rings (SSSR count). The van der Waals surface area contributed by atoms with Crippen LogP contribution in [-0.4, -0.2) is 30.8 Å². The van der Waals surface area contributed by atoms with Crippen LogP contribution in [0.2, 0.25) is 0 Å². The van der Waals surface area contributed by atoms with Crippen molar-refractivity contribution in [2.45, 2.75) is 31.2 Å². The Bertz CT molecular complexity index is 617. The molecule has 0 radical (unpaired) electrons. The summed E-state index contributed by atoms with van der Waals surface area (Å²) in [4.78, 5) is 13.5. The van der Waals surface area contributed by atoms with Crippen molar-refractivity contribution >= 4 is 17.2 Å². The number of nitrogens with zero attached hydrogens (tertiary/aromatic N) is 1. The molecule has 1 saturated carbocycles. The molecule has 2 aromatic rings. The number of carbonyl (C=O) groups is 1. The highest BCUT2D eigenvalue weighted by Crippen LogP contribution is 2.48. The zero-order chi connectivity index (χ0) is 14.9. The lowest BCUT2D eigenvalue weighted by Gasteiger charge is -2.17. The van der Waals surface area contributed by atoms with Gasteiger partial charge in [-0.15, -0.1) is 11.3 Å². The zero-order valence-electron chi connectivity index (χ0n) is 12.1. The first-order valence-corrected chi connectivity index (χ1v) is 7.84. The Balaban J connectivity index is 1.75. The molecule has 1 fully saturated rings. The summed E-state index contributed by atoms with van der Waals surface area (Å²) in [6, 6.07) is 5.83. The first-order valence-electron chi connectivity index (χ1n) is 6.97. The summed E-state index contributed by atoms with van der Waals surface area (Å²) in [5.74, 6) is 0.738. The predicted molar refractivity (Wildman–Crippen MR) is 80.2 cm³/mol. The summed E-state index contributed by atoms with van der Waals surface area (Å²) in [5.41, 5.74) is 0.217. The highest BCUT2D eigenvalue weighted by molar-refractivity contribution is 7.13. The number of hydrogen-bond donors (Lipinski definition) is 1. The Hall–Kier alpha value is -1.66. The number of thiophene rings is 1. The Morgan fingerprint density at radius 1 is 1.62 bits per heavy atom. The maximum atomic E-state index is 12.5. The minimum Gasteiger partial charge on any atom is -0.383 e. The van der Waals surface area contributed by atoms with Gasteiger partial charge >= 0.3 is 0 Å². The molecule has 5 nitrogen and oxygen atoms in total.